The number of oxazole rings is 1. The van der Waals surface area contributed by atoms with E-state index in [0.29, 0.717) is 22.8 Å². The normalized spacial score (nSPS) is 20.4. The second kappa shape index (κ2) is 5.53. The summed E-state index contributed by atoms with van der Waals surface area (Å²) in [5.74, 6) is 4.47. The third kappa shape index (κ3) is 2.26. The first kappa shape index (κ1) is 14.5. The zero-order chi connectivity index (χ0) is 16.7. The average Bonchev–Trinajstić information content (AvgIpc) is 3.16. The van der Waals surface area contributed by atoms with Crippen LogP contribution in [-0.2, 0) is 0 Å². The Morgan fingerprint density at radius 1 is 1.29 bits per heavy atom. The second-order valence-electron chi connectivity index (χ2n) is 5.22. The van der Waals surface area contributed by atoms with E-state index in [1.54, 1.807) is 23.0 Å². The van der Waals surface area contributed by atoms with E-state index >= 15 is 0 Å². The van der Waals surface area contributed by atoms with E-state index in [1.807, 2.05) is 0 Å². The topological polar surface area (TPSA) is 94.3 Å². The minimum absolute atomic E-state index is 0.249. The number of nitrogens with one attached hydrogen (secondary N) is 1. The molecule has 1 aliphatic carbocycles. The number of allylic oxidation sites excluding steroid dienone is 4. The zero-order valence-corrected chi connectivity index (χ0v) is 12.2. The van der Waals surface area contributed by atoms with E-state index in [4.69, 9.17) is 10.3 Å². The van der Waals surface area contributed by atoms with E-state index in [-0.39, 0.29) is 5.95 Å². The molecule has 0 saturated carbocycles. The first-order chi connectivity index (χ1) is 11.7. The van der Waals surface area contributed by atoms with Crippen LogP contribution in [-0.4, -0.2) is 25.5 Å². The Bertz CT molecular complexity index is 943. The van der Waals surface area contributed by atoms with Gasteiger partial charge in [0.05, 0.1) is 17.3 Å². The highest BCUT2D eigenvalue weighted by atomic mass is 19.1. The molecule has 0 saturated heterocycles. The average molecular weight is 330 g/mol. The lowest BCUT2D eigenvalue weighted by molar-refractivity contribution is 0.358. The Labute approximate surface area is 134 Å². The summed E-state index contributed by atoms with van der Waals surface area (Å²) in [6, 6.07) is 0. The van der Waals surface area contributed by atoms with Gasteiger partial charge in [-0.1, -0.05) is 6.08 Å². The summed E-state index contributed by atoms with van der Waals surface area (Å²) >= 11 is 0. The van der Waals surface area contributed by atoms with Gasteiger partial charge in [-0.2, -0.15) is 4.98 Å². The molecular weight excluding hydrogens is 318 g/mol. The van der Waals surface area contributed by atoms with Gasteiger partial charge in [0.25, 0.3) is 0 Å². The zero-order valence-electron chi connectivity index (χ0n) is 12.2. The molecule has 4 rings (SSSR count). The van der Waals surface area contributed by atoms with Crippen LogP contribution in [0.15, 0.2) is 53.3 Å². The van der Waals surface area contributed by atoms with Crippen LogP contribution in [0.25, 0.3) is 17.1 Å². The molecule has 3 aromatic heterocycles. The molecule has 0 radical (unpaired) electrons. The number of nitrogen functional groups attached to an aromatic ring is 1. The predicted molar refractivity (Wildman–Crippen MR) is 82.3 cm³/mol. The van der Waals surface area contributed by atoms with Gasteiger partial charge in [-0.05, 0) is 12.2 Å². The number of hydrogen-bond donors (Lipinski definition) is 2. The number of aromatic nitrogens is 4. The lowest BCUT2D eigenvalue weighted by atomic mass is 9.92. The summed E-state index contributed by atoms with van der Waals surface area (Å²) in [4.78, 5) is 12.5. The van der Waals surface area contributed by atoms with Crippen LogP contribution >= 0.6 is 0 Å². The maximum Gasteiger partial charge on any atom is 0.306 e. The van der Waals surface area contributed by atoms with Gasteiger partial charge >= 0.3 is 5.84 Å². The molecule has 3 heterocycles. The van der Waals surface area contributed by atoms with Crippen molar-refractivity contribution in [2.24, 2.45) is 5.84 Å². The molecule has 9 heteroatoms. The van der Waals surface area contributed by atoms with Crippen LogP contribution in [0.4, 0.5) is 14.7 Å². The van der Waals surface area contributed by atoms with Gasteiger partial charge in [-0.3, -0.25) is 9.83 Å². The van der Waals surface area contributed by atoms with Crippen LogP contribution in [0, 0.1) is 0 Å². The number of hydrogen-bond acceptors (Lipinski definition) is 6. The van der Waals surface area contributed by atoms with Crippen LogP contribution in [0.3, 0.4) is 0 Å². The lowest BCUT2D eigenvalue weighted by Crippen LogP contribution is -2.14. The van der Waals surface area contributed by atoms with Crippen molar-refractivity contribution in [2.75, 3.05) is 5.43 Å². The van der Waals surface area contributed by atoms with Crippen LogP contribution in [0.5, 0.6) is 0 Å². The number of alkyl halides is 1. The Hall–Kier alpha value is -3.07. The maximum absolute atomic E-state index is 14.3. The van der Waals surface area contributed by atoms with Gasteiger partial charge in [0.1, 0.15) is 18.3 Å². The molecule has 0 spiro atoms. The van der Waals surface area contributed by atoms with E-state index < -0.39 is 17.9 Å². The highest BCUT2D eigenvalue weighted by Gasteiger charge is 2.30. The van der Waals surface area contributed by atoms with Crippen LogP contribution in [0.1, 0.15) is 11.6 Å². The number of imidazole rings is 1. The number of nitrogens with zero attached hydrogens (tertiary/aromatic N) is 4. The SMILES string of the molecule is NNc1ncc(-c2c(C3C=CC(F)=CC3F)nc3occn23)cn1. The van der Waals surface area contributed by atoms with E-state index in [1.165, 1.54) is 18.4 Å². The second-order valence-corrected chi connectivity index (χ2v) is 5.22. The molecule has 0 amide bonds. The predicted octanol–water partition coefficient (Wildman–Crippen LogP) is 2.51. The first-order valence-corrected chi connectivity index (χ1v) is 7.11. The Balaban J connectivity index is 1.87. The third-order valence-corrected chi connectivity index (χ3v) is 3.78. The van der Waals surface area contributed by atoms with E-state index in [2.05, 4.69) is 20.4 Å². The molecule has 2 atom stereocenters. The molecule has 0 aliphatic heterocycles. The van der Waals surface area contributed by atoms with Crippen molar-refractivity contribution in [1.82, 2.24) is 19.4 Å². The summed E-state index contributed by atoms with van der Waals surface area (Å²) in [5.41, 5.74) is 3.94. The summed E-state index contributed by atoms with van der Waals surface area (Å²) in [6.45, 7) is 0. The minimum atomic E-state index is -1.53. The van der Waals surface area contributed by atoms with Gasteiger partial charge in [0.15, 0.2) is 0 Å². The fourth-order valence-corrected chi connectivity index (χ4v) is 2.70. The number of rotatable bonds is 3. The van der Waals surface area contributed by atoms with Crippen molar-refractivity contribution in [3.63, 3.8) is 0 Å². The smallest absolute Gasteiger partial charge is 0.306 e. The molecule has 24 heavy (non-hydrogen) atoms. The number of nitrogens with two attached hydrogens (primary N) is 1. The standard InChI is InChI=1S/C15H12F2N6O/c16-9-1-2-10(11(17)5-9)12-13(23-3-4-24-15(23)21-12)8-6-19-14(22-18)20-7-8/h1-7,10-11H,18H2,(H,19,20,22). The van der Waals surface area contributed by atoms with Gasteiger partial charge in [0, 0.05) is 24.2 Å². The van der Waals surface area contributed by atoms with E-state index in [9.17, 15) is 8.78 Å². The molecule has 0 bridgehead atoms. The summed E-state index contributed by atoms with van der Waals surface area (Å²) in [7, 11) is 0. The van der Waals surface area contributed by atoms with Crippen molar-refractivity contribution >= 4 is 11.8 Å². The van der Waals surface area contributed by atoms with Crippen LogP contribution in [0.2, 0.25) is 0 Å². The fraction of sp³-hybridized carbons (Fsp3) is 0.133. The van der Waals surface area contributed by atoms with Crippen molar-refractivity contribution in [3.8, 4) is 11.3 Å². The molecule has 3 aromatic rings. The van der Waals surface area contributed by atoms with Gasteiger partial charge in [-0.15, -0.1) is 0 Å². The Morgan fingerprint density at radius 2 is 2.08 bits per heavy atom. The van der Waals surface area contributed by atoms with Gasteiger partial charge in [-0.25, -0.2) is 24.6 Å². The summed E-state index contributed by atoms with van der Waals surface area (Å²) in [5, 5.41) is 0. The van der Waals surface area contributed by atoms with Crippen molar-refractivity contribution < 1.29 is 13.2 Å². The molecule has 0 aromatic carbocycles. The number of hydrazine groups is 1. The van der Waals surface area contributed by atoms with Gasteiger partial charge < -0.3 is 4.42 Å². The first-order valence-electron chi connectivity index (χ1n) is 7.11. The van der Waals surface area contributed by atoms with Crippen molar-refractivity contribution in [1.29, 1.82) is 0 Å². The van der Waals surface area contributed by atoms with Gasteiger partial charge in [0.2, 0.25) is 5.95 Å². The highest BCUT2D eigenvalue weighted by Crippen LogP contribution is 2.36. The summed E-state index contributed by atoms with van der Waals surface area (Å²) < 4.78 is 34.5. The molecule has 3 N–H and O–H groups in total. The largest absolute Gasteiger partial charge is 0.432 e. The minimum Gasteiger partial charge on any atom is -0.432 e. The quantitative estimate of drug-likeness (QED) is 0.566. The number of fused-ring (bicyclic) bond motifs is 1. The lowest BCUT2D eigenvalue weighted by Gasteiger charge is -2.17. The summed E-state index contributed by atoms with van der Waals surface area (Å²) in [6.07, 6.45) is 8.27. The Kier molecular flexibility index (Phi) is 3.35. The monoisotopic (exact) mass is 330 g/mol. The highest BCUT2D eigenvalue weighted by molar-refractivity contribution is 5.66. The molecule has 7 nitrogen and oxygen atoms in total. The maximum atomic E-state index is 14.3. The molecular formula is C15H12F2N6O. The van der Waals surface area contributed by atoms with Crippen molar-refractivity contribution in [2.45, 2.75) is 12.1 Å². The fourth-order valence-electron chi connectivity index (χ4n) is 2.70. The number of halogens is 2. The molecule has 1 aliphatic rings. The molecule has 122 valence electrons. The number of anilines is 1. The van der Waals surface area contributed by atoms with Crippen LogP contribution < -0.4 is 11.3 Å². The van der Waals surface area contributed by atoms with E-state index in [0.717, 1.165) is 6.08 Å². The Morgan fingerprint density at radius 3 is 2.79 bits per heavy atom. The van der Waals surface area contributed by atoms with Crippen molar-refractivity contribution in [3.05, 3.63) is 54.6 Å². The molecule has 2 unspecified atom stereocenters. The third-order valence-electron chi connectivity index (χ3n) is 3.78. The molecule has 0 fully saturated rings.